The van der Waals surface area contributed by atoms with Gasteiger partial charge < -0.3 is 5.11 Å². The molecule has 0 radical (unpaired) electrons. The second kappa shape index (κ2) is 7.46. The Morgan fingerprint density at radius 3 is 2.47 bits per heavy atom. The summed E-state index contributed by atoms with van der Waals surface area (Å²) in [5.41, 5.74) is 1.04. The second-order valence-electron chi connectivity index (χ2n) is 4.72. The largest absolute Gasteiger partial charge is 0.393 e. The number of sulfone groups is 1. The van der Waals surface area contributed by atoms with Crippen LogP contribution in [0, 0.1) is 6.92 Å². The topological polar surface area (TPSA) is 54.4 Å². The van der Waals surface area contributed by atoms with Crippen LogP contribution in [0.4, 0.5) is 0 Å². The van der Waals surface area contributed by atoms with Crippen LogP contribution < -0.4 is 0 Å². The molecule has 0 aliphatic rings. The molecule has 19 heavy (non-hydrogen) atoms. The first-order valence-electron chi connectivity index (χ1n) is 6.62. The minimum Gasteiger partial charge on any atom is -0.393 e. The lowest BCUT2D eigenvalue weighted by Gasteiger charge is -2.04. The maximum Gasteiger partial charge on any atom is 0.199 e. The maximum atomic E-state index is 12.0. The van der Waals surface area contributed by atoms with E-state index in [1.165, 1.54) is 5.41 Å². The average molecular weight is 282 g/mol. The molecule has 1 aromatic rings. The van der Waals surface area contributed by atoms with Gasteiger partial charge in [0.15, 0.2) is 9.84 Å². The van der Waals surface area contributed by atoms with Gasteiger partial charge in [-0.2, -0.15) is 0 Å². The Kier molecular flexibility index (Phi) is 6.25. The molecule has 1 aromatic carbocycles. The van der Waals surface area contributed by atoms with Gasteiger partial charge in [-0.25, -0.2) is 8.42 Å². The van der Waals surface area contributed by atoms with Gasteiger partial charge in [-0.15, -0.1) is 0 Å². The first-order chi connectivity index (χ1) is 8.95. The number of aliphatic hydroxyl groups is 1. The molecule has 0 fully saturated rings. The Bertz CT molecular complexity index is 501. The van der Waals surface area contributed by atoms with E-state index in [1.807, 2.05) is 13.8 Å². The van der Waals surface area contributed by atoms with Gasteiger partial charge in [0, 0.05) is 5.41 Å². The Balaban J connectivity index is 2.53. The summed E-state index contributed by atoms with van der Waals surface area (Å²) >= 11 is 0. The minimum atomic E-state index is -3.33. The van der Waals surface area contributed by atoms with Crippen molar-refractivity contribution in [3.05, 3.63) is 41.3 Å². The lowest BCUT2D eigenvalue weighted by molar-refractivity contribution is 0.158. The fraction of sp³-hybridized carbons (Fsp3) is 0.467. The Labute approximate surface area is 115 Å². The molecule has 3 nitrogen and oxygen atoms in total. The third-order valence-corrected chi connectivity index (χ3v) is 4.48. The molecule has 1 atom stereocenters. The van der Waals surface area contributed by atoms with Gasteiger partial charge in [-0.3, -0.25) is 0 Å². The third kappa shape index (κ3) is 5.57. The number of aryl methyl sites for hydroxylation is 1. The van der Waals surface area contributed by atoms with Crippen molar-refractivity contribution in [3.63, 3.8) is 0 Å². The molecular formula is C15H22O3S. The molecule has 1 rings (SSSR count). The van der Waals surface area contributed by atoms with Gasteiger partial charge in [0.05, 0.1) is 11.0 Å². The normalized spacial score (nSPS) is 13.8. The molecule has 1 unspecified atom stereocenters. The van der Waals surface area contributed by atoms with Crippen LogP contribution >= 0.6 is 0 Å². The number of unbranched alkanes of at least 4 members (excludes halogenated alkanes) is 1. The molecule has 0 aliphatic carbocycles. The Morgan fingerprint density at radius 1 is 1.26 bits per heavy atom. The van der Waals surface area contributed by atoms with Gasteiger partial charge in [0.1, 0.15) is 0 Å². The molecule has 0 saturated heterocycles. The smallest absolute Gasteiger partial charge is 0.199 e. The van der Waals surface area contributed by atoms with Crippen molar-refractivity contribution < 1.29 is 13.5 Å². The van der Waals surface area contributed by atoms with E-state index in [9.17, 15) is 13.5 Å². The fourth-order valence-electron chi connectivity index (χ4n) is 1.68. The van der Waals surface area contributed by atoms with Crippen LogP contribution in [-0.2, 0) is 9.84 Å². The van der Waals surface area contributed by atoms with Crippen molar-refractivity contribution in [3.8, 4) is 0 Å². The molecule has 1 N–H and O–H groups in total. The average Bonchev–Trinajstić information content (AvgIpc) is 2.38. The Morgan fingerprint density at radius 2 is 1.89 bits per heavy atom. The van der Waals surface area contributed by atoms with Crippen LogP contribution in [0.2, 0.25) is 0 Å². The van der Waals surface area contributed by atoms with Crippen molar-refractivity contribution in [2.24, 2.45) is 0 Å². The summed E-state index contributed by atoms with van der Waals surface area (Å²) < 4.78 is 23.9. The van der Waals surface area contributed by atoms with Crippen LogP contribution in [0.25, 0.3) is 0 Å². The number of rotatable bonds is 7. The van der Waals surface area contributed by atoms with E-state index in [0.717, 1.165) is 18.4 Å². The summed E-state index contributed by atoms with van der Waals surface area (Å²) in [5, 5.41) is 10.6. The number of hydrogen-bond acceptors (Lipinski definition) is 3. The third-order valence-electron chi connectivity index (χ3n) is 3.00. The Hall–Kier alpha value is -1.13. The van der Waals surface area contributed by atoms with Gasteiger partial charge in [0.2, 0.25) is 0 Å². The van der Waals surface area contributed by atoms with Crippen LogP contribution in [0.15, 0.2) is 40.6 Å². The summed E-state index contributed by atoms with van der Waals surface area (Å²) in [5.74, 6) is 0. The zero-order valence-electron chi connectivity index (χ0n) is 11.5. The number of benzene rings is 1. The molecule has 0 spiro atoms. The van der Waals surface area contributed by atoms with Crippen molar-refractivity contribution in [1.29, 1.82) is 0 Å². The van der Waals surface area contributed by atoms with E-state index in [0.29, 0.717) is 17.7 Å². The van der Waals surface area contributed by atoms with Crippen LogP contribution in [0.5, 0.6) is 0 Å². The van der Waals surface area contributed by atoms with E-state index in [2.05, 4.69) is 0 Å². The van der Waals surface area contributed by atoms with Gasteiger partial charge in [-0.05, 0) is 44.7 Å². The van der Waals surface area contributed by atoms with Crippen molar-refractivity contribution in [2.75, 3.05) is 0 Å². The monoisotopic (exact) mass is 282 g/mol. The second-order valence-corrected chi connectivity index (χ2v) is 6.56. The summed E-state index contributed by atoms with van der Waals surface area (Å²) in [6.07, 6.45) is 4.31. The zero-order chi connectivity index (χ0) is 14.3. The van der Waals surface area contributed by atoms with E-state index in [1.54, 1.807) is 30.3 Å². The van der Waals surface area contributed by atoms with E-state index < -0.39 is 9.84 Å². The highest BCUT2D eigenvalue weighted by atomic mass is 32.2. The minimum absolute atomic E-state index is 0.276. The predicted octanol–water partition coefficient (Wildman–Crippen LogP) is 3.22. The molecule has 0 bridgehead atoms. The lowest BCUT2D eigenvalue weighted by Crippen LogP contribution is -2.03. The van der Waals surface area contributed by atoms with E-state index in [-0.39, 0.29) is 6.10 Å². The number of aliphatic hydroxyl groups excluding tert-OH is 1. The number of allylic oxidation sites excluding steroid dienone is 1. The summed E-state index contributed by atoms with van der Waals surface area (Å²) in [7, 11) is -3.33. The van der Waals surface area contributed by atoms with Crippen LogP contribution in [-0.4, -0.2) is 19.6 Å². The van der Waals surface area contributed by atoms with Crippen LogP contribution in [0.1, 0.15) is 38.2 Å². The SMILES string of the molecule is CCC(O)CCC/C=C/S(=O)(=O)c1ccc(C)cc1. The molecule has 0 heterocycles. The van der Waals surface area contributed by atoms with Gasteiger partial charge in [0.25, 0.3) is 0 Å². The van der Waals surface area contributed by atoms with Crippen molar-refractivity contribution >= 4 is 9.84 Å². The van der Waals surface area contributed by atoms with Crippen molar-refractivity contribution in [2.45, 2.75) is 50.5 Å². The zero-order valence-corrected chi connectivity index (χ0v) is 12.4. The summed E-state index contributed by atoms with van der Waals surface area (Å²) in [6.45, 7) is 3.85. The predicted molar refractivity (Wildman–Crippen MR) is 77.7 cm³/mol. The standard InChI is InChI=1S/C15H22O3S/c1-3-14(16)7-5-4-6-12-19(17,18)15-10-8-13(2)9-11-15/h6,8-12,14,16H,3-5,7H2,1-2H3/b12-6+. The van der Waals surface area contributed by atoms with E-state index in [4.69, 9.17) is 0 Å². The van der Waals surface area contributed by atoms with E-state index >= 15 is 0 Å². The molecule has 0 saturated carbocycles. The van der Waals surface area contributed by atoms with Crippen molar-refractivity contribution in [1.82, 2.24) is 0 Å². The lowest BCUT2D eigenvalue weighted by atomic mass is 10.1. The highest BCUT2D eigenvalue weighted by Crippen LogP contribution is 2.14. The summed E-state index contributed by atoms with van der Waals surface area (Å²) in [4.78, 5) is 0.322. The quantitative estimate of drug-likeness (QED) is 0.781. The first-order valence-corrected chi connectivity index (χ1v) is 8.16. The molecule has 106 valence electrons. The highest BCUT2D eigenvalue weighted by Gasteiger charge is 2.09. The van der Waals surface area contributed by atoms with Crippen LogP contribution in [0.3, 0.4) is 0 Å². The number of hydrogen-bond donors (Lipinski definition) is 1. The fourth-order valence-corrected chi connectivity index (χ4v) is 2.74. The highest BCUT2D eigenvalue weighted by molar-refractivity contribution is 7.94. The van der Waals surface area contributed by atoms with Gasteiger partial charge >= 0.3 is 0 Å². The maximum absolute atomic E-state index is 12.0. The molecular weight excluding hydrogens is 260 g/mol. The molecule has 0 amide bonds. The van der Waals surface area contributed by atoms with Gasteiger partial charge in [-0.1, -0.05) is 30.7 Å². The first kappa shape index (κ1) is 15.9. The molecule has 4 heteroatoms. The molecule has 0 aromatic heterocycles. The molecule has 0 aliphatic heterocycles. The summed E-state index contributed by atoms with van der Waals surface area (Å²) in [6, 6.07) is 6.82.